The summed E-state index contributed by atoms with van der Waals surface area (Å²) in [4.78, 5) is 19.6. The Morgan fingerprint density at radius 3 is 2.39 bits per heavy atom. The maximum Gasteiger partial charge on any atom is 0.231 e. The number of rotatable bonds is 4. The lowest BCUT2D eigenvalue weighted by molar-refractivity contribution is -0.120. The molecule has 1 amide bonds. The second-order valence-corrected chi connectivity index (χ2v) is 7.95. The quantitative estimate of drug-likeness (QED) is 0.665. The molecule has 0 fully saturated rings. The van der Waals surface area contributed by atoms with Crippen LogP contribution >= 0.6 is 0 Å². The highest BCUT2D eigenvalue weighted by atomic mass is 16.2. The Labute approximate surface area is 166 Å². The normalized spacial score (nSPS) is 18.9. The molecule has 28 heavy (non-hydrogen) atoms. The highest BCUT2D eigenvalue weighted by Crippen LogP contribution is 2.42. The first-order valence-corrected chi connectivity index (χ1v) is 9.87. The Bertz CT molecular complexity index is 946. The van der Waals surface area contributed by atoms with Crippen molar-refractivity contribution in [1.82, 2.24) is 14.8 Å². The van der Waals surface area contributed by atoms with Crippen LogP contribution in [0.1, 0.15) is 55.5 Å². The van der Waals surface area contributed by atoms with Gasteiger partial charge in [0.1, 0.15) is 6.33 Å². The van der Waals surface area contributed by atoms with Gasteiger partial charge in [-0.25, -0.2) is 4.68 Å². The van der Waals surface area contributed by atoms with Gasteiger partial charge in [0.15, 0.2) is 0 Å². The lowest BCUT2D eigenvalue weighted by Crippen LogP contribution is -2.43. The lowest BCUT2D eigenvalue weighted by Gasteiger charge is -2.39. The molecule has 0 spiro atoms. The summed E-state index contributed by atoms with van der Waals surface area (Å²) < 4.78 is 1.90. The number of aromatic nitrogens is 3. The second kappa shape index (κ2) is 7.58. The number of carbonyl (C=O) groups is 1. The summed E-state index contributed by atoms with van der Waals surface area (Å²) in [6, 6.07) is 18.8. The van der Waals surface area contributed by atoms with Crippen molar-refractivity contribution < 1.29 is 4.79 Å². The van der Waals surface area contributed by atoms with Gasteiger partial charge in [0, 0.05) is 6.42 Å². The molecule has 0 saturated heterocycles. The first-order chi connectivity index (χ1) is 13.5. The number of aryl methyl sites for hydroxylation is 1. The number of carbonyl (C=O) groups excluding carboxylic acids is 1. The van der Waals surface area contributed by atoms with Crippen LogP contribution in [0.5, 0.6) is 0 Å². The average Bonchev–Trinajstić information content (AvgIpc) is 3.17. The Hall–Kier alpha value is -2.95. The standard InChI is InChI=1S/C23H26N4O/c1-16(2)13-22(28)26-20(19-11-9-17(3)10-12-19)14-21(18-7-5-4-6-8-18)27-23(26)24-15-25-27/h4-12,15-16,20-21H,13-14H2,1-3H3. The van der Waals surface area contributed by atoms with Crippen LogP contribution < -0.4 is 4.90 Å². The van der Waals surface area contributed by atoms with Gasteiger partial charge in [-0.2, -0.15) is 10.1 Å². The fourth-order valence-corrected chi connectivity index (χ4v) is 3.95. The van der Waals surface area contributed by atoms with Crippen LogP contribution in [0.25, 0.3) is 0 Å². The largest absolute Gasteiger partial charge is 0.274 e. The molecule has 5 heteroatoms. The summed E-state index contributed by atoms with van der Waals surface area (Å²) in [6.07, 6.45) is 2.82. The number of nitrogens with zero attached hydrogens (tertiary/aromatic N) is 4. The second-order valence-electron chi connectivity index (χ2n) is 7.95. The number of anilines is 1. The zero-order valence-corrected chi connectivity index (χ0v) is 16.6. The van der Waals surface area contributed by atoms with Crippen LogP contribution in [-0.2, 0) is 4.79 Å². The van der Waals surface area contributed by atoms with Crippen LogP contribution in [0.4, 0.5) is 5.95 Å². The van der Waals surface area contributed by atoms with Crippen molar-refractivity contribution in [2.24, 2.45) is 5.92 Å². The molecule has 1 aliphatic rings. The van der Waals surface area contributed by atoms with Gasteiger partial charge < -0.3 is 0 Å². The average molecular weight is 374 g/mol. The van der Waals surface area contributed by atoms with Crippen molar-refractivity contribution >= 4 is 11.9 Å². The van der Waals surface area contributed by atoms with E-state index in [0.29, 0.717) is 12.4 Å². The van der Waals surface area contributed by atoms with E-state index in [-0.39, 0.29) is 23.9 Å². The molecule has 1 aliphatic heterocycles. The minimum Gasteiger partial charge on any atom is -0.274 e. The maximum absolute atomic E-state index is 13.2. The predicted molar refractivity (Wildman–Crippen MR) is 110 cm³/mol. The highest BCUT2D eigenvalue weighted by molar-refractivity contribution is 5.93. The van der Waals surface area contributed by atoms with E-state index in [1.54, 1.807) is 6.33 Å². The molecular formula is C23H26N4O. The third kappa shape index (κ3) is 3.44. The van der Waals surface area contributed by atoms with Crippen LogP contribution in [0.15, 0.2) is 60.9 Å². The minimum absolute atomic E-state index is 0.0492. The Morgan fingerprint density at radius 1 is 1.04 bits per heavy atom. The summed E-state index contributed by atoms with van der Waals surface area (Å²) in [5.41, 5.74) is 3.53. The van der Waals surface area contributed by atoms with Crippen molar-refractivity contribution in [3.8, 4) is 0 Å². The van der Waals surface area contributed by atoms with Gasteiger partial charge in [-0.1, -0.05) is 74.0 Å². The molecule has 2 heterocycles. The molecule has 0 N–H and O–H groups in total. The van der Waals surface area contributed by atoms with Crippen LogP contribution in [0, 0.1) is 12.8 Å². The Kier molecular flexibility index (Phi) is 4.99. The Balaban J connectivity index is 1.81. The van der Waals surface area contributed by atoms with E-state index < -0.39 is 0 Å². The number of benzene rings is 2. The molecular weight excluding hydrogens is 348 g/mol. The highest BCUT2D eigenvalue weighted by Gasteiger charge is 2.39. The molecule has 1 aromatic heterocycles. The van der Waals surface area contributed by atoms with Crippen molar-refractivity contribution in [2.45, 2.75) is 45.7 Å². The molecule has 2 aromatic carbocycles. The van der Waals surface area contributed by atoms with Crippen molar-refractivity contribution in [2.75, 3.05) is 4.90 Å². The summed E-state index contributed by atoms with van der Waals surface area (Å²) in [5.74, 6) is 1.02. The zero-order chi connectivity index (χ0) is 19.7. The third-order valence-corrected chi connectivity index (χ3v) is 5.32. The summed E-state index contributed by atoms with van der Waals surface area (Å²) in [6.45, 7) is 6.22. The number of hydrogen-bond acceptors (Lipinski definition) is 3. The number of fused-ring (bicyclic) bond motifs is 1. The monoisotopic (exact) mass is 374 g/mol. The fraction of sp³-hybridized carbons (Fsp3) is 0.348. The van der Waals surface area contributed by atoms with E-state index in [0.717, 1.165) is 12.0 Å². The van der Waals surface area contributed by atoms with Crippen molar-refractivity contribution in [3.63, 3.8) is 0 Å². The van der Waals surface area contributed by atoms with Gasteiger partial charge in [-0.15, -0.1) is 0 Å². The minimum atomic E-state index is -0.0613. The van der Waals surface area contributed by atoms with Crippen LogP contribution in [0.2, 0.25) is 0 Å². The van der Waals surface area contributed by atoms with E-state index in [4.69, 9.17) is 0 Å². The smallest absolute Gasteiger partial charge is 0.231 e. The number of hydrogen-bond donors (Lipinski definition) is 0. The van der Waals surface area contributed by atoms with E-state index >= 15 is 0 Å². The van der Waals surface area contributed by atoms with Gasteiger partial charge in [0.25, 0.3) is 0 Å². The first kappa shape index (κ1) is 18.4. The van der Waals surface area contributed by atoms with Crippen LogP contribution in [0.3, 0.4) is 0 Å². The zero-order valence-electron chi connectivity index (χ0n) is 16.6. The van der Waals surface area contributed by atoms with Crippen molar-refractivity contribution in [3.05, 3.63) is 77.6 Å². The molecule has 0 aliphatic carbocycles. The topological polar surface area (TPSA) is 51.0 Å². The van der Waals surface area contributed by atoms with Gasteiger partial charge >= 0.3 is 0 Å². The van der Waals surface area contributed by atoms with Gasteiger partial charge in [0.2, 0.25) is 11.9 Å². The molecule has 2 unspecified atom stereocenters. The molecule has 3 aromatic rings. The summed E-state index contributed by atoms with van der Waals surface area (Å²) >= 11 is 0. The van der Waals surface area contributed by atoms with Gasteiger partial charge in [0.05, 0.1) is 12.1 Å². The molecule has 5 nitrogen and oxygen atoms in total. The van der Waals surface area contributed by atoms with E-state index in [1.165, 1.54) is 11.1 Å². The molecule has 0 saturated carbocycles. The lowest BCUT2D eigenvalue weighted by atomic mass is 9.91. The first-order valence-electron chi connectivity index (χ1n) is 9.87. The molecule has 0 radical (unpaired) electrons. The fourth-order valence-electron chi connectivity index (χ4n) is 3.95. The molecule has 0 bridgehead atoms. The third-order valence-electron chi connectivity index (χ3n) is 5.32. The van der Waals surface area contributed by atoms with E-state index in [9.17, 15) is 4.79 Å². The summed E-state index contributed by atoms with van der Waals surface area (Å²) in [7, 11) is 0. The molecule has 144 valence electrons. The van der Waals surface area contributed by atoms with Gasteiger partial charge in [-0.05, 0) is 30.4 Å². The van der Waals surface area contributed by atoms with E-state index in [1.807, 2.05) is 27.8 Å². The maximum atomic E-state index is 13.2. The Morgan fingerprint density at radius 2 is 1.71 bits per heavy atom. The molecule has 4 rings (SSSR count). The van der Waals surface area contributed by atoms with Crippen molar-refractivity contribution in [1.29, 1.82) is 0 Å². The molecule has 2 atom stereocenters. The number of amides is 1. The SMILES string of the molecule is Cc1ccc(C2CC(c3ccccc3)n3ncnc3N2C(=O)CC(C)C)cc1. The predicted octanol–water partition coefficient (Wildman–Crippen LogP) is 4.70. The van der Waals surface area contributed by atoms with Crippen LogP contribution in [-0.4, -0.2) is 20.7 Å². The summed E-state index contributed by atoms with van der Waals surface area (Å²) in [5, 5.41) is 4.48. The van der Waals surface area contributed by atoms with Gasteiger partial charge in [-0.3, -0.25) is 9.69 Å². The van der Waals surface area contributed by atoms with E-state index in [2.05, 4.69) is 67.3 Å².